The van der Waals surface area contributed by atoms with E-state index in [1.54, 1.807) is 0 Å². The van der Waals surface area contributed by atoms with Crippen LogP contribution in [0.3, 0.4) is 0 Å². The van der Waals surface area contributed by atoms with E-state index >= 15 is 0 Å². The highest BCUT2D eigenvalue weighted by molar-refractivity contribution is 5.78. The normalized spacial score (nSPS) is 18.5. The minimum absolute atomic E-state index is 0.131. The van der Waals surface area contributed by atoms with Gasteiger partial charge in [-0.05, 0) is 37.7 Å². The van der Waals surface area contributed by atoms with Crippen LogP contribution in [0.4, 0.5) is 0 Å². The molecule has 2 N–H and O–H groups in total. The number of rotatable bonds is 6. The topological polar surface area (TPSA) is 50.8 Å². The molecule has 4 nitrogen and oxygen atoms in total. The van der Waals surface area contributed by atoms with Crippen molar-refractivity contribution < 1.29 is 4.74 Å². The second kappa shape index (κ2) is 8.79. The minimum atomic E-state index is 0.131. The first kappa shape index (κ1) is 16.8. The summed E-state index contributed by atoms with van der Waals surface area (Å²) in [5.41, 5.74) is 7.28. The van der Waals surface area contributed by atoms with Gasteiger partial charge in [0.15, 0.2) is 5.96 Å². The Morgan fingerprint density at radius 2 is 2.00 bits per heavy atom. The van der Waals surface area contributed by atoms with Crippen LogP contribution in [0.5, 0.6) is 0 Å². The molecule has 2 rings (SSSR count). The number of piperidine rings is 1. The van der Waals surface area contributed by atoms with Gasteiger partial charge in [0.25, 0.3) is 0 Å². The molecule has 0 amide bonds. The fourth-order valence-electron chi connectivity index (χ4n) is 2.68. The number of aliphatic imine (C=N–C) groups is 1. The average molecular weight is 303 g/mol. The van der Waals surface area contributed by atoms with Gasteiger partial charge in [0.2, 0.25) is 0 Å². The molecule has 1 aromatic rings. The van der Waals surface area contributed by atoms with Crippen LogP contribution in [0.2, 0.25) is 0 Å². The zero-order valence-electron chi connectivity index (χ0n) is 13.9. The largest absolute Gasteiger partial charge is 0.374 e. The van der Waals surface area contributed by atoms with Crippen molar-refractivity contribution in [1.29, 1.82) is 0 Å². The van der Waals surface area contributed by atoms with Gasteiger partial charge in [0, 0.05) is 26.2 Å². The van der Waals surface area contributed by atoms with Crippen LogP contribution in [0, 0.1) is 5.92 Å². The van der Waals surface area contributed by atoms with E-state index in [0.717, 1.165) is 32.0 Å². The smallest absolute Gasteiger partial charge is 0.191 e. The van der Waals surface area contributed by atoms with Crippen molar-refractivity contribution in [2.24, 2.45) is 16.6 Å². The first-order chi connectivity index (χ1) is 10.7. The molecule has 1 aliphatic heterocycles. The van der Waals surface area contributed by atoms with Gasteiger partial charge in [-0.3, -0.25) is 4.99 Å². The molecule has 1 saturated heterocycles. The molecule has 1 atom stereocenters. The number of nitrogens with two attached hydrogens (primary N) is 1. The predicted octanol–water partition coefficient (Wildman–Crippen LogP) is 3.20. The van der Waals surface area contributed by atoms with Crippen LogP contribution < -0.4 is 5.73 Å². The van der Waals surface area contributed by atoms with Crippen molar-refractivity contribution in [3.8, 4) is 0 Å². The van der Waals surface area contributed by atoms with Crippen LogP contribution in [0.15, 0.2) is 35.3 Å². The first-order valence-corrected chi connectivity index (χ1v) is 8.38. The van der Waals surface area contributed by atoms with Gasteiger partial charge in [-0.15, -0.1) is 0 Å². The zero-order chi connectivity index (χ0) is 15.8. The van der Waals surface area contributed by atoms with E-state index < -0.39 is 0 Å². The van der Waals surface area contributed by atoms with E-state index in [4.69, 9.17) is 10.5 Å². The number of nitrogens with zero attached hydrogens (tertiary/aromatic N) is 2. The van der Waals surface area contributed by atoms with Gasteiger partial charge in [0.05, 0.1) is 6.10 Å². The van der Waals surface area contributed by atoms with Crippen LogP contribution in [0.1, 0.15) is 44.8 Å². The Morgan fingerprint density at radius 3 is 2.68 bits per heavy atom. The molecule has 0 radical (unpaired) electrons. The fraction of sp³-hybridized carbons (Fsp3) is 0.611. The first-order valence-electron chi connectivity index (χ1n) is 8.38. The predicted molar refractivity (Wildman–Crippen MR) is 91.9 cm³/mol. The van der Waals surface area contributed by atoms with Gasteiger partial charge in [0.1, 0.15) is 0 Å². The van der Waals surface area contributed by atoms with Gasteiger partial charge in [-0.2, -0.15) is 0 Å². The van der Waals surface area contributed by atoms with Crippen molar-refractivity contribution in [2.75, 3.05) is 26.2 Å². The summed E-state index contributed by atoms with van der Waals surface area (Å²) >= 11 is 0. The summed E-state index contributed by atoms with van der Waals surface area (Å²) in [6, 6.07) is 10.3. The van der Waals surface area contributed by atoms with Crippen LogP contribution in [-0.2, 0) is 4.74 Å². The summed E-state index contributed by atoms with van der Waals surface area (Å²) in [6.45, 7) is 7.91. The van der Waals surface area contributed by atoms with Crippen LogP contribution in [0.25, 0.3) is 0 Å². The maximum Gasteiger partial charge on any atom is 0.191 e. The Kier molecular flexibility index (Phi) is 6.72. The Balaban J connectivity index is 1.63. The maximum atomic E-state index is 6.06. The fourth-order valence-corrected chi connectivity index (χ4v) is 2.68. The third-order valence-corrected chi connectivity index (χ3v) is 4.32. The molecule has 4 heteroatoms. The molecule has 1 aliphatic rings. The lowest BCUT2D eigenvalue weighted by Gasteiger charge is -2.31. The lowest BCUT2D eigenvalue weighted by atomic mass is 10.00. The lowest BCUT2D eigenvalue weighted by molar-refractivity contribution is 0.0651. The SMILES string of the molecule is CC1CCN(C(N)=NCCCOC(C)c2ccccc2)CC1. The standard InChI is InChI=1S/C18H29N3O/c1-15-9-12-21(13-10-15)18(19)20-11-6-14-22-16(2)17-7-4-3-5-8-17/h3-5,7-8,15-16H,6,9-14H2,1-2H3,(H2,19,20). The minimum Gasteiger partial charge on any atom is -0.374 e. The van der Waals surface area contributed by atoms with Crippen molar-refractivity contribution in [1.82, 2.24) is 4.90 Å². The molecule has 0 aromatic heterocycles. The van der Waals surface area contributed by atoms with E-state index in [-0.39, 0.29) is 6.10 Å². The molecule has 1 aromatic carbocycles. The van der Waals surface area contributed by atoms with Crippen molar-refractivity contribution in [2.45, 2.75) is 39.2 Å². The highest BCUT2D eigenvalue weighted by Crippen LogP contribution is 2.16. The molecule has 0 aliphatic carbocycles. The number of hydrogen-bond acceptors (Lipinski definition) is 2. The monoisotopic (exact) mass is 303 g/mol. The number of guanidine groups is 1. The molecule has 1 unspecified atom stereocenters. The van der Waals surface area contributed by atoms with E-state index in [9.17, 15) is 0 Å². The van der Waals surface area contributed by atoms with E-state index in [1.165, 1.54) is 18.4 Å². The number of ether oxygens (including phenoxy) is 1. The molecule has 22 heavy (non-hydrogen) atoms. The molecule has 1 heterocycles. The average Bonchev–Trinajstić information content (AvgIpc) is 2.55. The summed E-state index contributed by atoms with van der Waals surface area (Å²) in [5.74, 6) is 1.51. The van der Waals surface area contributed by atoms with E-state index in [2.05, 4.69) is 35.9 Å². The van der Waals surface area contributed by atoms with Gasteiger partial charge >= 0.3 is 0 Å². The molecule has 1 fully saturated rings. The molecule has 122 valence electrons. The van der Waals surface area contributed by atoms with Gasteiger partial charge in [-0.1, -0.05) is 37.3 Å². The Morgan fingerprint density at radius 1 is 1.32 bits per heavy atom. The Hall–Kier alpha value is -1.55. The summed E-state index contributed by atoms with van der Waals surface area (Å²) in [4.78, 5) is 6.68. The lowest BCUT2D eigenvalue weighted by Crippen LogP contribution is -2.42. The third-order valence-electron chi connectivity index (χ3n) is 4.32. The Bertz CT molecular complexity index is 453. The van der Waals surface area contributed by atoms with E-state index in [0.29, 0.717) is 12.6 Å². The van der Waals surface area contributed by atoms with Crippen molar-refractivity contribution >= 4 is 5.96 Å². The van der Waals surface area contributed by atoms with Gasteiger partial charge < -0.3 is 15.4 Å². The van der Waals surface area contributed by atoms with Crippen LogP contribution >= 0.6 is 0 Å². The van der Waals surface area contributed by atoms with Crippen molar-refractivity contribution in [3.63, 3.8) is 0 Å². The molecular formula is C18H29N3O. The number of hydrogen-bond donors (Lipinski definition) is 1. The molecular weight excluding hydrogens is 274 g/mol. The van der Waals surface area contributed by atoms with Crippen LogP contribution in [-0.4, -0.2) is 37.1 Å². The second-order valence-corrected chi connectivity index (χ2v) is 6.19. The number of likely N-dealkylation sites (tertiary alicyclic amines) is 1. The molecule has 0 saturated carbocycles. The highest BCUT2D eigenvalue weighted by atomic mass is 16.5. The van der Waals surface area contributed by atoms with Gasteiger partial charge in [-0.25, -0.2) is 0 Å². The summed E-state index contributed by atoms with van der Waals surface area (Å²) < 4.78 is 5.85. The van der Waals surface area contributed by atoms with Crippen molar-refractivity contribution in [3.05, 3.63) is 35.9 Å². The third kappa shape index (κ3) is 5.34. The van der Waals surface area contributed by atoms with E-state index in [1.807, 2.05) is 18.2 Å². The molecule has 0 bridgehead atoms. The second-order valence-electron chi connectivity index (χ2n) is 6.19. The maximum absolute atomic E-state index is 6.06. The highest BCUT2D eigenvalue weighted by Gasteiger charge is 2.16. The summed E-state index contributed by atoms with van der Waals surface area (Å²) in [6.07, 6.45) is 3.47. The summed E-state index contributed by atoms with van der Waals surface area (Å²) in [7, 11) is 0. The summed E-state index contributed by atoms with van der Waals surface area (Å²) in [5, 5.41) is 0. The Labute approximate surface area is 134 Å². The zero-order valence-corrected chi connectivity index (χ0v) is 13.9. The molecule has 0 spiro atoms. The number of benzene rings is 1. The quantitative estimate of drug-likeness (QED) is 0.499.